The van der Waals surface area contributed by atoms with Crippen LogP contribution in [0, 0.1) is 0 Å². The van der Waals surface area contributed by atoms with Crippen LogP contribution in [0.2, 0.25) is 0 Å². The minimum Gasteiger partial charge on any atom is -0.495 e. The van der Waals surface area contributed by atoms with Gasteiger partial charge >= 0.3 is 0 Å². The normalized spacial score (nSPS) is 19.5. The van der Waals surface area contributed by atoms with Gasteiger partial charge < -0.3 is 10.1 Å². The highest BCUT2D eigenvalue weighted by molar-refractivity contribution is 7.89. The second-order valence-corrected chi connectivity index (χ2v) is 8.34. The van der Waals surface area contributed by atoms with Gasteiger partial charge in [0.05, 0.1) is 7.11 Å². The van der Waals surface area contributed by atoms with E-state index in [1.807, 2.05) is 0 Å². The lowest BCUT2D eigenvalue weighted by Gasteiger charge is -2.21. The standard InChI is InChI=1S/C17H24N2O4S/c1-23-15-9-6-13(17(20)18-14-7-8-14)12-16(15)24(21,22)19-10-4-2-3-5-11-19/h6,9,12,14H,2-5,7-8,10-11H2,1H3,(H,18,20). The topological polar surface area (TPSA) is 75.7 Å². The second kappa shape index (κ2) is 7.11. The quantitative estimate of drug-likeness (QED) is 0.881. The van der Waals surface area contributed by atoms with Gasteiger partial charge in [-0.15, -0.1) is 0 Å². The molecular weight excluding hydrogens is 328 g/mol. The van der Waals surface area contributed by atoms with E-state index in [1.165, 1.54) is 17.5 Å². The molecule has 0 spiro atoms. The van der Waals surface area contributed by atoms with Crippen LogP contribution in [0.1, 0.15) is 48.9 Å². The molecule has 2 fully saturated rings. The average Bonchev–Trinajstić information content (AvgIpc) is 3.40. The Hall–Kier alpha value is -1.60. The van der Waals surface area contributed by atoms with Crippen molar-refractivity contribution in [3.63, 3.8) is 0 Å². The van der Waals surface area contributed by atoms with Crippen LogP contribution < -0.4 is 10.1 Å². The van der Waals surface area contributed by atoms with Crippen LogP contribution in [0.25, 0.3) is 0 Å². The van der Waals surface area contributed by atoms with Crippen molar-refractivity contribution in [2.45, 2.75) is 49.5 Å². The largest absolute Gasteiger partial charge is 0.495 e. The third kappa shape index (κ3) is 3.72. The van der Waals surface area contributed by atoms with Crippen molar-refractivity contribution >= 4 is 15.9 Å². The number of carbonyl (C=O) groups excluding carboxylic acids is 1. The van der Waals surface area contributed by atoms with Gasteiger partial charge in [-0.3, -0.25) is 4.79 Å². The summed E-state index contributed by atoms with van der Waals surface area (Å²) in [5.41, 5.74) is 0.357. The van der Waals surface area contributed by atoms with Crippen LogP contribution in [0.5, 0.6) is 5.75 Å². The molecular formula is C17H24N2O4S. The molecule has 0 unspecified atom stereocenters. The Morgan fingerprint density at radius 3 is 2.42 bits per heavy atom. The number of hydrogen-bond acceptors (Lipinski definition) is 4. The number of ether oxygens (including phenoxy) is 1. The number of nitrogens with one attached hydrogen (secondary N) is 1. The maximum atomic E-state index is 13.0. The molecule has 0 bridgehead atoms. The SMILES string of the molecule is COc1ccc(C(=O)NC2CC2)cc1S(=O)(=O)N1CCCCCC1. The molecule has 1 heterocycles. The maximum Gasteiger partial charge on any atom is 0.251 e. The third-order valence-corrected chi connectivity index (χ3v) is 6.44. The smallest absolute Gasteiger partial charge is 0.251 e. The zero-order valence-electron chi connectivity index (χ0n) is 14.0. The van der Waals surface area contributed by atoms with Crippen molar-refractivity contribution in [3.05, 3.63) is 23.8 Å². The Labute approximate surface area is 143 Å². The van der Waals surface area contributed by atoms with E-state index < -0.39 is 10.0 Å². The Balaban J connectivity index is 1.92. The predicted molar refractivity (Wildman–Crippen MR) is 90.7 cm³/mol. The van der Waals surface area contributed by atoms with E-state index in [9.17, 15) is 13.2 Å². The first kappa shape index (κ1) is 17.2. The van der Waals surface area contributed by atoms with Gasteiger partial charge in [0.25, 0.3) is 5.91 Å². The van der Waals surface area contributed by atoms with Crippen LogP contribution in [-0.2, 0) is 10.0 Å². The summed E-state index contributed by atoms with van der Waals surface area (Å²) in [5.74, 6) is 0.0506. The molecule has 1 aromatic rings. The minimum atomic E-state index is -3.67. The van der Waals surface area contributed by atoms with Crippen LogP contribution >= 0.6 is 0 Å². The molecule has 1 N–H and O–H groups in total. The Bertz CT molecular complexity index is 705. The summed E-state index contributed by atoms with van der Waals surface area (Å²) in [6.45, 7) is 1.04. The number of hydrogen-bond donors (Lipinski definition) is 1. The Morgan fingerprint density at radius 2 is 1.83 bits per heavy atom. The number of carbonyl (C=O) groups is 1. The van der Waals surface area contributed by atoms with Gasteiger partial charge in [0, 0.05) is 24.7 Å². The lowest BCUT2D eigenvalue weighted by Crippen LogP contribution is -2.32. The number of amides is 1. The molecule has 1 amide bonds. The minimum absolute atomic E-state index is 0.0790. The van der Waals surface area contributed by atoms with Gasteiger partial charge in [0.15, 0.2) is 0 Å². The fourth-order valence-electron chi connectivity index (χ4n) is 2.94. The van der Waals surface area contributed by atoms with Gasteiger partial charge in [0.2, 0.25) is 10.0 Å². The van der Waals surface area contributed by atoms with Crippen molar-refractivity contribution in [1.29, 1.82) is 0 Å². The van der Waals surface area contributed by atoms with E-state index >= 15 is 0 Å². The van der Waals surface area contributed by atoms with Crippen molar-refractivity contribution < 1.29 is 17.9 Å². The van der Waals surface area contributed by atoms with E-state index in [0.29, 0.717) is 18.7 Å². The van der Waals surface area contributed by atoms with Gasteiger partial charge in [-0.1, -0.05) is 12.8 Å². The van der Waals surface area contributed by atoms with E-state index in [2.05, 4.69) is 5.32 Å². The monoisotopic (exact) mass is 352 g/mol. The molecule has 1 aliphatic carbocycles. The zero-order chi connectivity index (χ0) is 17.2. The van der Waals surface area contributed by atoms with Crippen molar-refractivity contribution in [2.75, 3.05) is 20.2 Å². The number of sulfonamides is 1. The van der Waals surface area contributed by atoms with Gasteiger partial charge in [-0.05, 0) is 43.9 Å². The third-order valence-electron chi connectivity index (χ3n) is 4.52. The van der Waals surface area contributed by atoms with Crippen LogP contribution in [0.15, 0.2) is 23.1 Å². The first-order valence-electron chi connectivity index (χ1n) is 8.51. The highest BCUT2D eigenvalue weighted by Gasteiger charge is 2.30. The number of nitrogens with zero attached hydrogens (tertiary/aromatic N) is 1. The van der Waals surface area contributed by atoms with Gasteiger partial charge in [-0.2, -0.15) is 4.31 Å². The predicted octanol–water partition coefficient (Wildman–Crippen LogP) is 2.15. The Morgan fingerprint density at radius 1 is 1.17 bits per heavy atom. The number of benzene rings is 1. The summed E-state index contributed by atoms with van der Waals surface area (Å²) >= 11 is 0. The summed E-state index contributed by atoms with van der Waals surface area (Å²) in [4.78, 5) is 12.3. The molecule has 0 radical (unpaired) electrons. The molecule has 0 atom stereocenters. The zero-order valence-corrected chi connectivity index (χ0v) is 14.8. The van der Waals surface area contributed by atoms with E-state index in [0.717, 1.165) is 38.5 Å². The van der Waals surface area contributed by atoms with E-state index in [-0.39, 0.29) is 22.6 Å². The van der Waals surface area contributed by atoms with E-state index in [4.69, 9.17) is 4.74 Å². The first-order chi connectivity index (χ1) is 11.5. The molecule has 1 aliphatic heterocycles. The summed E-state index contributed by atoms with van der Waals surface area (Å²) in [5, 5.41) is 2.89. The van der Waals surface area contributed by atoms with Gasteiger partial charge in [-0.25, -0.2) is 8.42 Å². The van der Waals surface area contributed by atoms with Crippen molar-refractivity contribution in [3.8, 4) is 5.75 Å². The molecule has 1 saturated heterocycles. The van der Waals surface area contributed by atoms with Crippen LogP contribution in [-0.4, -0.2) is 44.9 Å². The molecule has 3 rings (SSSR count). The van der Waals surface area contributed by atoms with Crippen LogP contribution in [0.4, 0.5) is 0 Å². The van der Waals surface area contributed by atoms with Gasteiger partial charge in [0.1, 0.15) is 10.6 Å². The molecule has 1 saturated carbocycles. The number of methoxy groups -OCH3 is 1. The average molecular weight is 352 g/mol. The molecule has 24 heavy (non-hydrogen) atoms. The second-order valence-electron chi connectivity index (χ2n) is 6.43. The maximum absolute atomic E-state index is 13.0. The summed E-state index contributed by atoms with van der Waals surface area (Å²) in [6.07, 6.45) is 5.80. The lowest BCUT2D eigenvalue weighted by atomic mass is 10.2. The van der Waals surface area contributed by atoms with E-state index in [1.54, 1.807) is 12.1 Å². The highest BCUT2D eigenvalue weighted by Crippen LogP contribution is 2.30. The summed E-state index contributed by atoms with van der Waals surface area (Å²) < 4.78 is 32.8. The summed E-state index contributed by atoms with van der Waals surface area (Å²) in [7, 11) is -2.22. The fraction of sp³-hybridized carbons (Fsp3) is 0.588. The van der Waals surface area contributed by atoms with Crippen molar-refractivity contribution in [2.24, 2.45) is 0 Å². The molecule has 0 aromatic heterocycles. The molecule has 2 aliphatic rings. The molecule has 1 aromatic carbocycles. The molecule has 132 valence electrons. The number of rotatable bonds is 5. The highest BCUT2D eigenvalue weighted by atomic mass is 32.2. The Kier molecular flexibility index (Phi) is 5.10. The molecule has 7 heteroatoms. The summed E-state index contributed by atoms with van der Waals surface area (Å²) in [6, 6.07) is 4.84. The first-order valence-corrected chi connectivity index (χ1v) is 9.95. The lowest BCUT2D eigenvalue weighted by molar-refractivity contribution is 0.0951. The molecule has 6 nitrogen and oxygen atoms in total. The fourth-order valence-corrected chi connectivity index (χ4v) is 4.64. The van der Waals surface area contributed by atoms with Crippen molar-refractivity contribution in [1.82, 2.24) is 9.62 Å². The van der Waals surface area contributed by atoms with Crippen LogP contribution in [0.3, 0.4) is 0 Å².